The molecule has 0 aliphatic rings. The number of nitrogens with zero attached hydrogens (tertiary/aromatic N) is 1. The molecule has 0 fully saturated rings. The molecule has 3 rings (SSSR count). The standard InChI is InChI=1S/C22H19BrF3NO2/c23-17-7-4-6-16(12-17)14-27(15-21(28)22(24,25)26)18-8-5-11-20(13-18)29-19-9-2-1-3-10-19/h1-13,21,28H,14-15H2. The van der Waals surface area contributed by atoms with Crippen LogP contribution in [-0.2, 0) is 6.54 Å². The average molecular weight is 466 g/mol. The molecule has 0 aromatic heterocycles. The summed E-state index contributed by atoms with van der Waals surface area (Å²) in [4.78, 5) is 1.48. The van der Waals surface area contributed by atoms with E-state index in [9.17, 15) is 18.3 Å². The number of alkyl halides is 3. The smallest absolute Gasteiger partial charge is 0.416 e. The van der Waals surface area contributed by atoms with Crippen LogP contribution in [0.1, 0.15) is 5.56 Å². The highest BCUT2D eigenvalue weighted by molar-refractivity contribution is 9.10. The van der Waals surface area contributed by atoms with Gasteiger partial charge >= 0.3 is 6.18 Å². The molecule has 0 aliphatic carbocycles. The first-order chi connectivity index (χ1) is 13.8. The van der Waals surface area contributed by atoms with Gasteiger partial charge in [0.25, 0.3) is 0 Å². The molecule has 0 amide bonds. The number of ether oxygens (including phenoxy) is 1. The van der Waals surface area contributed by atoms with Gasteiger partial charge in [-0.25, -0.2) is 0 Å². The molecule has 1 N–H and O–H groups in total. The lowest BCUT2D eigenvalue weighted by molar-refractivity contribution is -0.200. The van der Waals surface area contributed by atoms with Crippen LogP contribution in [0.25, 0.3) is 0 Å². The number of rotatable bonds is 7. The summed E-state index contributed by atoms with van der Waals surface area (Å²) in [5.41, 5.74) is 1.32. The van der Waals surface area contributed by atoms with Crippen LogP contribution in [0.3, 0.4) is 0 Å². The Morgan fingerprint density at radius 1 is 0.897 bits per heavy atom. The Hall–Kier alpha value is -2.51. The number of hydrogen-bond donors (Lipinski definition) is 1. The molecule has 0 radical (unpaired) electrons. The predicted octanol–water partition coefficient (Wildman–Crippen LogP) is 6.17. The summed E-state index contributed by atoms with van der Waals surface area (Å²) in [6.45, 7) is -0.397. The van der Waals surface area contributed by atoms with Crippen LogP contribution >= 0.6 is 15.9 Å². The number of halogens is 4. The van der Waals surface area contributed by atoms with Crippen LogP contribution in [-0.4, -0.2) is 23.9 Å². The summed E-state index contributed by atoms with van der Waals surface area (Å²) in [7, 11) is 0. The minimum atomic E-state index is -4.70. The normalized spacial score (nSPS) is 12.4. The molecule has 0 saturated carbocycles. The van der Waals surface area contributed by atoms with Gasteiger partial charge in [-0.2, -0.15) is 13.2 Å². The minimum absolute atomic E-state index is 0.196. The zero-order chi connectivity index (χ0) is 20.9. The van der Waals surface area contributed by atoms with Crippen molar-refractivity contribution in [2.24, 2.45) is 0 Å². The van der Waals surface area contributed by atoms with E-state index in [1.807, 2.05) is 42.5 Å². The zero-order valence-corrected chi connectivity index (χ0v) is 16.9. The van der Waals surface area contributed by atoms with Crippen molar-refractivity contribution in [1.82, 2.24) is 0 Å². The molecule has 0 saturated heterocycles. The summed E-state index contributed by atoms with van der Waals surface area (Å²) >= 11 is 3.37. The van der Waals surface area contributed by atoms with Crippen molar-refractivity contribution in [3.05, 3.63) is 88.9 Å². The number of benzene rings is 3. The van der Waals surface area contributed by atoms with Crippen molar-refractivity contribution in [3.63, 3.8) is 0 Å². The molecule has 152 valence electrons. The van der Waals surface area contributed by atoms with Gasteiger partial charge in [-0.1, -0.05) is 52.3 Å². The van der Waals surface area contributed by atoms with Gasteiger partial charge in [0.15, 0.2) is 6.10 Å². The monoisotopic (exact) mass is 465 g/mol. The van der Waals surface area contributed by atoms with E-state index < -0.39 is 18.8 Å². The Labute approximate surface area is 175 Å². The van der Waals surface area contributed by atoms with Crippen molar-refractivity contribution in [2.75, 3.05) is 11.4 Å². The molecule has 1 atom stereocenters. The summed E-state index contributed by atoms with van der Waals surface area (Å²) in [6, 6.07) is 23.2. The molecule has 7 heteroatoms. The van der Waals surface area contributed by atoms with E-state index in [-0.39, 0.29) is 6.54 Å². The highest BCUT2D eigenvalue weighted by Crippen LogP contribution is 2.29. The van der Waals surface area contributed by atoms with Crippen LogP contribution in [0, 0.1) is 0 Å². The third kappa shape index (κ3) is 6.24. The number of para-hydroxylation sites is 1. The molecule has 29 heavy (non-hydrogen) atoms. The lowest BCUT2D eigenvalue weighted by atomic mass is 10.1. The van der Waals surface area contributed by atoms with Crippen molar-refractivity contribution in [1.29, 1.82) is 0 Å². The third-order valence-corrected chi connectivity index (χ3v) is 4.69. The Morgan fingerprint density at radius 2 is 1.59 bits per heavy atom. The lowest BCUT2D eigenvalue weighted by Gasteiger charge is -2.28. The Morgan fingerprint density at radius 3 is 2.28 bits per heavy atom. The molecular formula is C22H19BrF3NO2. The fraction of sp³-hybridized carbons (Fsp3) is 0.182. The van der Waals surface area contributed by atoms with E-state index >= 15 is 0 Å². The maximum absolute atomic E-state index is 13.0. The number of aliphatic hydroxyl groups excluding tert-OH is 1. The second kappa shape index (κ2) is 9.33. The summed E-state index contributed by atoms with van der Waals surface area (Å²) in [5, 5.41) is 9.65. The van der Waals surface area contributed by atoms with Crippen LogP contribution < -0.4 is 9.64 Å². The van der Waals surface area contributed by atoms with Gasteiger partial charge in [0.2, 0.25) is 0 Å². The lowest BCUT2D eigenvalue weighted by Crippen LogP contribution is -2.40. The van der Waals surface area contributed by atoms with Crippen molar-refractivity contribution in [3.8, 4) is 11.5 Å². The Bertz CT molecular complexity index is 935. The molecule has 3 aromatic rings. The molecular weight excluding hydrogens is 447 g/mol. The van der Waals surface area contributed by atoms with Crippen molar-refractivity contribution in [2.45, 2.75) is 18.8 Å². The van der Waals surface area contributed by atoms with Crippen molar-refractivity contribution >= 4 is 21.6 Å². The minimum Gasteiger partial charge on any atom is -0.457 e. The maximum Gasteiger partial charge on any atom is 0.416 e. The third-order valence-electron chi connectivity index (χ3n) is 4.20. The number of hydrogen-bond acceptors (Lipinski definition) is 3. The first kappa shape index (κ1) is 21.2. The largest absolute Gasteiger partial charge is 0.457 e. The number of anilines is 1. The van der Waals surface area contributed by atoms with E-state index in [0.29, 0.717) is 17.2 Å². The fourth-order valence-corrected chi connectivity index (χ4v) is 3.24. The molecule has 0 heterocycles. The van der Waals surface area contributed by atoms with Gasteiger partial charge in [0, 0.05) is 22.8 Å². The molecule has 0 bridgehead atoms. The zero-order valence-electron chi connectivity index (χ0n) is 15.3. The second-order valence-corrected chi connectivity index (χ2v) is 7.40. The molecule has 1 unspecified atom stereocenters. The first-order valence-corrected chi connectivity index (χ1v) is 9.68. The van der Waals surface area contributed by atoms with Crippen LogP contribution in [0.4, 0.5) is 18.9 Å². The van der Waals surface area contributed by atoms with Gasteiger partial charge in [-0.05, 0) is 42.0 Å². The number of aliphatic hydroxyl groups is 1. The van der Waals surface area contributed by atoms with E-state index in [1.54, 1.807) is 36.4 Å². The first-order valence-electron chi connectivity index (χ1n) is 8.88. The van der Waals surface area contributed by atoms with E-state index in [1.165, 1.54) is 4.90 Å². The van der Waals surface area contributed by atoms with Crippen LogP contribution in [0.2, 0.25) is 0 Å². The molecule has 3 aromatic carbocycles. The summed E-state index contributed by atoms with van der Waals surface area (Å²) in [6.07, 6.45) is -7.17. The summed E-state index contributed by atoms with van der Waals surface area (Å²) in [5.74, 6) is 1.12. The Balaban J connectivity index is 1.87. The quantitative estimate of drug-likeness (QED) is 0.452. The SMILES string of the molecule is OC(CN(Cc1cccc(Br)c1)c1cccc(Oc2ccccc2)c1)C(F)(F)F. The van der Waals surface area contributed by atoms with Gasteiger partial charge in [-0.15, -0.1) is 0 Å². The van der Waals surface area contributed by atoms with E-state index in [2.05, 4.69) is 15.9 Å². The van der Waals surface area contributed by atoms with Gasteiger partial charge in [0.1, 0.15) is 11.5 Å². The van der Waals surface area contributed by atoms with Gasteiger partial charge < -0.3 is 14.7 Å². The Kier molecular flexibility index (Phi) is 6.82. The second-order valence-electron chi connectivity index (χ2n) is 6.48. The van der Waals surface area contributed by atoms with E-state index in [0.717, 1.165) is 10.0 Å². The predicted molar refractivity (Wildman–Crippen MR) is 110 cm³/mol. The highest BCUT2D eigenvalue weighted by atomic mass is 79.9. The van der Waals surface area contributed by atoms with Gasteiger partial charge in [0.05, 0.1) is 6.54 Å². The fourth-order valence-electron chi connectivity index (χ4n) is 2.80. The van der Waals surface area contributed by atoms with Crippen molar-refractivity contribution < 1.29 is 23.0 Å². The van der Waals surface area contributed by atoms with Gasteiger partial charge in [-0.3, -0.25) is 0 Å². The maximum atomic E-state index is 13.0. The molecule has 3 nitrogen and oxygen atoms in total. The topological polar surface area (TPSA) is 32.7 Å². The average Bonchev–Trinajstić information content (AvgIpc) is 2.68. The highest BCUT2D eigenvalue weighted by Gasteiger charge is 2.39. The van der Waals surface area contributed by atoms with Crippen LogP contribution in [0.15, 0.2) is 83.3 Å². The summed E-state index contributed by atoms with van der Waals surface area (Å²) < 4.78 is 45.6. The molecule has 0 spiro atoms. The van der Waals surface area contributed by atoms with Crippen LogP contribution in [0.5, 0.6) is 11.5 Å². The molecule has 0 aliphatic heterocycles. The van der Waals surface area contributed by atoms with E-state index in [4.69, 9.17) is 4.74 Å².